The number of ether oxygens (including phenoxy) is 2. The quantitative estimate of drug-likeness (QED) is 0.503. The van der Waals surface area contributed by atoms with Crippen molar-refractivity contribution in [1.29, 1.82) is 0 Å². The van der Waals surface area contributed by atoms with Gasteiger partial charge in [-0.3, -0.25) is 4.52 Å². The van der Waals surface area contributed by atoms with Crippen LogP contribution in [0.25, 0.3) is 0 Å². The summed E-state index contributed by atoms with van der Waals surface area (Å²) in [6.45, 7) is 5.25. The van der Waals surface area contributed by atoms with Crippen molar-refractivity contribution in [3.05, 3.63) is 0 Å². The summed E-state index contributed by atoms with van der Waals surface area (Å²) in [6.07, 6.45) is -1.55. The molecule has 0 fully saturated rings. The predicted molar refractivity (Wildman–Crippen MR) is 44.8 cm³/mol. The highest BCUT2D eigenvalue weighted by atomic mass is 31.2. The van der Waals surface area contributed by atoms with Crippen molar-refractivity contribution < 1.29 is 28.3 Å². The Bertz CT molecular complexity index is 178. The van der Waals surface area contributed by atoms with Gasteiger partial charge in [0.1, 0.15) is 0 Å². The van der Waals surface area contributed by atoms with Crippen molar-refractivity contribution in [2.45, 2.75) is 33.4 Å². The third kappa shape index (κ3) is 8.36. The van der Waals surface area contributed by atoms with E-state index in [1.807, 2.05) is 0 Å². The maximum Gasteiger partial charge on any atom is 0.471 e. The second-order valence-corrected chi connectivity index (χ2v) is 3.51. The Kier molecular flexibility index (Phi) is 5.71. The summed E-state index contributed by atoms with van der Waals surface area (Å²) in [4.78, 5) is 16.8. The minimum Gasteiger partial charge on any atom is -0.353 e. The first-order chi connectivity index (χ1) is 5.85. The molecule has 0 aromatic rings. The van der Waals surface area contributed by atoms with Crippen molar-refractivity contribution >= 4 is 7.82 Å². The van der Waals surface area contributed by atoms with Crippen LogP contribution in [0, 0.1) is 0 Å². The van der Waals surface area contributed by atoms with E-state index in [0.29, 0.717) is 6.61 Å². The van der Waals surface area contributed by atoms with Gasteiger partial charge < -0.3 is 19.3 Å². The van der Waals surface area contributed by atoms with Crippen molar-refractivity contribution in [2.75, 3.05) is 6.61 Å². The molecule has 0 rings (SSSR count). The number of phosphoric ester groups is 1. The molecule has 0 aliphatic rings. The van der Waals surface area contributed by atoms with Crippen LogP contribution in [-0.4, -0.2) is 29.0 Å². The van der Waals surface area contributed by atoms with Crippen LogP contribution < -0.4 is 0 Å². The van der Waals surface area contributed by atoms with Crippen LogP contribution >= 0.6 is 7.82 Å². The molecule has 0 amide bonds. The standard InChI is InChI=1S/C6H15O6P/c1-4-10-5(2)11-6(3)12-13(7,8)9/h5-6H,4H2,1-3H3,(H2,7,8,9). The average molecular weight is 214 g/mol. The number of hydrogen-bond acceptors (Lipinski definition) is 4. The lowest BCUT2D eigenvalue weighted by molar-refractivity contribution is -0.205. The second-order valence-electron chi connectivity index (χ2n) is 2.32. The first-order valence-electron chi connectivity index (χ1n) is 3.86. The Morgan fingerprint density at radius 3 is 2.23 bits per heavy atom. The molecule has 2 unspecified atom stereocenters. The SMILES string of the molecule is CCOC(C)OC(C)OP(=O)(O)O. The van der Waals surface area contributed by atoms with Crippen LogP contribution in [0.3, 0.4) is 0 Å². The minimum atomic E-state index is -4.48. The molecule has 0 saturated carbocycles. The first kappa shape index (κ1) is 13.0. The molecular weight excluding hydrogens is 199 g/mol. The normalized spacial score (nSPS) is 17.0. The van der Waals surface area contributed by atoms with Gasteiger partial charge in [0.05, 0.1) is 0 Å². The molecule has 7 heteroatoms. The molecule has 0 aromatic carbocycles. The summed E-state index contributed by atoms with van der Waals surface area (Å²) >= 11 is 0. The summed E-state index contributed by atoms with van der Waals surface area (Å²) in [7, 11) is -4.48. The Hall–Kier alpha value is 0.0300. The van der Waals surface area contributed by atoms with Crippen LogP contribution in [0.5, 0.6) is 0 Å². The lowest BCUT2D eigenvalue weighted by Gasteiger charge is -2.19. The lowest BCUT2D eigenvalue weighted by atomic mass is 10.7. The van der Waals surface area contributed by atoms with Gasteiger partial charge in [0.2, 0.25) is 0 Å². The number of hydrogen-bond donors (Lipinski definition) is 2. The fourth-order valence-electron chi connectivity index (χ4n) is 0.762. The molecule has 0 spiro atoms. The molecule has 80 valence electrons. The van der Waals surface area contributed by atoms with E-state index in [1.54, 1.807) is 13.8 Å². The van der Waals surface area contributed by atoms with Gasteiger partial charge in [-0.25, -0.2) is 4.57 Å². The van der Waals surface area contributed by atoms with Crippen LogP contribution in [0.1, 0.15) is 20.8 Å². The first-order valence-corrected chi connectivity index (χ1v) is 5.39. The van der Waals surface area contributed by atoms with E-state index >= 15 is 0 Å². The Balaban J connectivity index is 3.74. The van der Waals surface area contributed by atoms with E-state index in [9.17, 15) is 4.57 Å². The van der Waals surface area contributed by atoms with Crippen LogP contribution in [0.2, 0.25) is 0 Å². The minimum absolute atomic E-state index is 0.462. The fraction of sp³-hybridized carbons (Fsp3) is 1.00. The zero-order chi connectivity index (χ0) is 10.5. The van der Waals surface area contributed by atoms with Crippen LogP contribution in [0.15, 0.2) is 0 Å². The highest BCUT2D eigenvalue weighted by Gasteiger charge is 2.20. The molecule has 2 atom stereocenters. The zero-order valence-electron chi connectivity index (χ0n) is 7.84. The summed E-state index contributed by atoms with van der Waals surface area (Å²) in [5, 5.41) is 0. The molecule has 0 saturated heterocycles. The Morgan fingerprint density at radius 1 is 1.31 bits per heavy atom. The van der Waals surface area contributed by atoms with Gasteiger partial charge in [-0.15, -0.1) is 0 Å². The summed E-state index contributed by atoms with van der Waals surface area (Å²) in [5.74, 6) is 0. The fourth-order valence-corrected chi connectivity index (χ4v) is 1.20. The monoisotopic (exact) mass is 214 g/mol. The summed E-state index contributed by atoms with van der Waals surface area (Å²) in [5.41, 5.74) is 0. The maximum atomic E-state index is 10.3. The van der Waals surface area contributed by atoms with Gasteiger partial charge in [0, 0.05) is 6.61 Å². The van der Waals surface area contributed by atoms with E-state index in [-0.39, 0.29) is 0 Å². The Labute approximate surface area is 77.0 Å². The molecule has 2 N–H and O–H groups in total. The van der Waals surface area contributed by atoms with Gasteiger partial charge in [0.15, 0.2) is 12.6 Å². The largest absolute Gasteiger partial charge is 0.471 e. The van der Waals surface area contributed by atoms with Gasteiger partial charge >= 0.3 is 7.82 Å². The van der Waals surface area contributed by atoms with Gasteiger partial charge in [-0.05, 0) is 20.8 Å². The predicted octanol–water partition coefficient (Wildman–Crippen LogP) is 0.841. The van der Waals surface area contributed by atoms with E-state index in [4.69, 9.17) is 19.3 Å². The summed E-state index contributed by atoms with van der Waals surface area (Å²) < 4.78 is 24.5. The molecule has 0 aromatic heterocycles. The molecular formula is C6H15O6P. The summed E-state index contributed by atoms with van der Waals surface area (Å²) in [6, 6.07) is 0. The van der Waals surface area contributed by atoms with E-state index in [0.717, 1.165) is 0 Å². The molecule has 0 radical (unpaired) electrons. The second kappa shape index (κ2) is 5.70. The molecule has 13 heavy (non-hydrogen) atoms. The van der Waals surface area contributed by atoms with Crippen molar-refractivity contribution in [3.8, 4) is 0 Å². The molecule has 0 aliphatic heterocycles. The van der Waals surface area contributed by atoms with Gasteiger partial charge in [-0.2, -0.15) is 0 Å². The van der Waals surface area contributed by atoms with Crippen LogP contribution in [-0.2, 0) is 18.6 Å². The molecule has 6 nitrogen and oxygen atoms in total. The lowest BCUT2D eigenvalue weighted by Crippen LogP contribution is -2.21. The van der Waals surface area contributed by atoms with Crippen molar-refractivity contribution in [2.24, 2.45) is 0 Å². The number of phosphoric acid groups is 1. The highest BCUT2D eigenvalue weighted by Crippen LogP contribution is 2.37. The zero-order valence-corrected chi connectivity index (χ0v) is 8.73. The molecule has 0 aliphatic carbocycles. The van der Waals surface area contributed by atoms with Gasteiger partial charge in [-0.1, -0.05) is 0 Å². The Morgan fingerprint density at radius 2 is 1.85 bits per heavy atom. The topological polar surface area (TPSA) is 85.2 Å². The van der Waals surface area contributed by atoms with E-state index in [2.05, 4.69) is 4.52 Å². The van der Waals surface area contributed by atoms with Gasteiger partial charge in [0.25, 0.3) is 0 Å². The van der Waals surface area contributed by atoms with Crippen LogP contribution in [0.4, 0.5) is 0 Å². The van der Waals surface area contributed by atoms with Crippen molar-refractivity contribution in [3.63, 3.8) is 0 Å². The highest BCUT2D eigenvalue weighted by molar-refractivity contribution is 7.46. The third-order valence-electron chi connectivity index (χ3n) is 1.07. The maximum absolute atomic E-state index is 10.3. The van der Waals surface area contributed by atoms with E-state index < -0.39 is 20.4 Å². The van der Waals surface area contributed by atoms with E-state index in [1.165, 1.54) is 6.92 Å². The molecule has 0 bridgehead atoms. The smallest absolute Gasteiger partial charge is 0.353 e. The third-order valence-corrected chi connectivity index (χ3v) is 1.64. The van der Waals surface area contributed by atoms with Crippen molar-refractivity contribution in [1.82, 2.24) is 0 Å². The number of rotatable bonds is 6. The average Bonchev–Trinajstić information content (AvgIpc) is 1.81. The molecule has 0 heterocycles.